The van der Waals surface area contributed by atoms with Gasteiger partial charge in [0.25, 0.3) is 0 Å². The normalized spacial score (nSPS) is 21.0. The van der Waals surface area contributed by atoms with Crippen LogP contribution in [0.4, 0.5) is 0 Å². The summed E-state index contributed by atoms with van der Waals surface area (Å²) < 4.78 is 0. The van der Waals surface area contributed by atoms with Gasteiger partial charge in [-0.1, -0.05) is 120 Å². The fraction of sp³-hybridized carbons (Fsp3) is 0.586. The Morgan fingerprint density at radius 1 is 0.724 bits per heavy atom. The van der Waals surface area contributed by atoms with E-state index in [1.807, 2.05) is 12.1 Å². The molecule has 2 aliphatic carbocycles. The summed E-state index contributed by atoms with van der Waals surface area (Å²) in [4.78, 5) is 0. The lowest BCUT2D eigenvalue weighted by Gasteiger charge is -2.35. The Bertz CT molecular complexity index is 701. The van der Waals surface area contributed by atoms with Gasteiger partial charge in [-0.2, -0.15) is 0 Å². The van der Waals surface area contributed by atoms with Crippen LogP contribution in [-0.2, 0) is 6.42 Å². The highest BCUT2D eigenvalue weighted by molar-refractivity contribution is 5.63. The van der Waals surface area contributed by atoms with Gasteiger partial charge >= 0.3 is 0 Å². The molecule has 0 saturated heterocycles. The summed E-state index contributed by atoms with van der Waals surface area (Å²) in [6, 6.07) is 20.9. The summed E-state index contributed by atoms with van der Waals surface area (Å²) >= 11 is 0. The number of hydrogen-bond acceptors (Lipinski definition) is 0. The molecule has 2 unspecified atom stereocenters. The van der Waals surface area contributed by atoms with Crippen LogP contribution in [0.25, 0.3) is 11.1 Å². The molecule has 2 fully saturated rings. The van der Waals surface area contributed by atoms with Gasteiger partial charge in [0.1, 0.15) is 0 Å². The molecule has 2 aromatic rings. The van der Waals surface area contributed by atoms with Crippen molar-refractivity contribution in [2.24, 2.45) is 23.7 Å². The van der Waals surface area contributed by atoms with Gasteiger partial charge in [0, 0.05) is 0 Å². The minimum absolute atomic E-state index is 0.879. The lowest BCUT2D eigenvalue weighted by molar-refractivity contribution is 0.168. The topological polar surface area (TPSA) is 0 Å². The van der Waals surface area contributed by atoms with Crippen LogP contribution in [0.3, 0.4) is 0 Å². The fourth-order valence-corrected chi connectivity index (χ4v) is 6.14. The minimum Gasteiger partial charge on any atom is -0.0622 e. The largest absolute Gasteiger partial charge is 0.0622 e. The van der Waals surface area contributed by atoms with E-state index in [0.717, 1.165) is 23.7 Å². The van der Waals surface area contributed by atoms with Crippen molar-refractivity contribution >= 4 is 0 Å². The van der Waals surface area contributed by atoms with Crippen molar-refractivity contribution in [2.45, 2.75) is 84.0 Å². The Morgan fingerprint density at radius 2 is 1.28 bits per heavy atom. The third kappa shape index (κ3) is 5.74. The SMILES string of the molecule is CC(CC(Cc1ccc(-c2cc[c]cc2)cc1)C1CCCCC1)C1CCCCC1. The van der Waals surface area contributed by atoms with Gasteiger partial charge in [0.2, 0.25) is 0 Å². The molecule has 0 heteroatoms. The Labute approximate surface area is 179 Å². The lowest BCUT2D eigenvalue weighted by atomic mass is 9.70. The molecule has 0 bridgehead atoms. The van der Waals surface area contributed by atoms with E-state index in [-0.39, 0.29) is 0 Å². The maximum Gasteiger partial charge on any atom is -0.0184 e. The van der Waals surface area contributed by atoms with Gasteiger partial charge in [-0.05, 0) is 59.3 Å². The third-order valence-electron chi connectivity index (χ3n) is 7.95. The standard InChI is InChI=1S/C29H39/c1-23(25-11-5-2-6-12-25)21-29(27-15-9-4-10-16-27)22-24-17-19-28(20-18-24)26-13-7-3-8-14-26/h7-8,13-14,17-20,23,25,27,29H,2,4-6,9-12,15-16,21-22H2,1H3. The van der Waals surface area contributed by atoms with Gasteiger partial charge in [-0.15, -0.1) is 0 Å². The van der Waals surface area contributed by atoms with Crippen LogP contribution in [0.2, 0.25) is 0 Å². The summed E-state index contributed by atoms with van der Waals surface area (Å²) in [6.07, 6.45) is 17.5. The average molecular weight is 388 g/mol. The van der Waals surface area contributed by atoms with Gasteiger partial charge in [0.05, 0.1) is 0 Å². The van der Waals surface area contributed by atoms with Gasteiger partial charge < -0.3 is 0 Å². The van der Waals surface area contributed by atoms with Crippen molar-refractivity contribution < 1.29 is 0 Å². The molecule has 4 rings (SSSR count). The number of hydrogen-bond donors (Lipinski definition) is 0. The van der Waals surface area contributed by atoms with E-state index >= 15 is 0 Å². The first kappa shape index (κ1) is 20.7. The highest BCUT2D eigenvalue weighted by Gasteiger charge is 2.28. The fourth-order valence-electron chi connectivity index (χ4n) is 6.14. The predicted molar refractivity (Wildman–Crippen MR) is 125 cm³/mol. The van der Waals surface area contributed by atoms with E-state index in [4.69, 9.17) is 0 Å². The van der Waals surface area contributed by atoms with Gasteiger partial charge in [-0.25, -0.2) is 0 Å². The number of rotatable bonds is 7. The second-order valence-electron chi connectivity index (χ2n) is 9.96. The summed E-state index contributed by atoms with van der Waals surface area (Å²) in [5, 5.41) is 0. The zero-order valence-electron chi connectivity index (χ0n) is 18.4. The van der Waals surface area contributed by atoms with Crippen molar-refractivity contribution in [2.75, 3.05) is 0 Å². The zero-order valence-corrected chi connectivity index (χ0v) is 18.4. The van der Waals surface area contributed by atoms with E-state index in [0.29, 0.717) is 0 Å². The van der Waals surface area contributed by atoms with Crippen LogP contribution < -0.4 is 0 Å². The molecule has 0 nitrogen and oxygen atoms in total. The maximum atomic E-state index is 3.12. The molecular weight excluding hydrogens is 348 g/mol. The van der Waals surface area contributed by atoms with Crippen molar-refractivity contribution in [3.63, 3.8) is 0 Å². The molecule has 0 aliphatic heterocycles. The Kier molecular flexibility index (Phi) is 7.47. The summed E-state index contributed by atoms with van der Waals surface area (Å²) in [6.45, 7) is 2.57. The second kappa shape index (κ2) is 10.5. The molecular formula is C29H39. The van der Waals surface area contributed by atoms with Gasteiger partial charge in [-0.3, -0.25) is 0 Å². The van der Waals surface area contributed by atoms with E-state index in [9.17, 15) is 0 Å². The van der Waals surface area contributed by atoms with E-state index < -0.39 is 0 Å². The first-order chi connectivity index (χ1) is 14.3. The second-order valence-corrected chi connectivity index (χ2v) is 9.96. The van der Waals surface area contributed by atoms with Gasteiger partial charge in [0.15, 0.2) is 0 Å². The first-order valence-corrected chi connectivity index (χ1v) is 12.3. The van der Waals surface area contributed by atoms with E-state index in [1.165, 1.54) is 88.2 Å². The Hall–Kier alpha value is -1.56. The monoisotopic (exact) mass is 387 g/mol. The van der Waals surface area contributed by atoms with Crippen molar-refractivity contribution in [3.05, 3.63) is 60.2 Å². The van der Waals surface area contributed by atoms with Crippen LogP contribution >= 0.6 is 0 Å². The van der Waals surface area contributed by atoms with Crippen molar-refractivity contribution in [1.29, 1.82) is 0 Å². The molecule has 155 valence electrons. The van der Waals surface area contributed by atoms with E-state index in [1.54, 1.807) is 5.56 Å². The minimum atomic E-state index is 0.879. The highest BCUT2D eigenvalue weighted by atomic mass is 14.3. The lowest BCUT2D eigenvalue weighted by Crippen LogP contribution is -2.25. The molecule has 29 heavy (non-hydrogen) atoms. The third-order valence-corrected chi connectivity index (χ3v) is 7.95. The molecule has 1 radical (unpaired) electrons. The molecule has 0 heterocycles. The molecule has 0 amide bonds. The van der Waals surface area contributed by atoms with Crippen LogP contribution in [-0.4, -0.2) is 0 Å². The quantitative estimate of drug-likeness (QED) is 0.446. The van der Waals surface area contributed by atoms with E-state index in [2.05, 4.69) is 49.4 Å². The molecule has 2 atom stereocenters. The van der Waals surface area contributed by atoms with Crippen molar-refractivity contribution in [1.82, 2.24) is 0 Å². The zero-order chi connectivity index (χ0) is 19.9. The summed E-state index contributed by atoms with van der Waals surface area (Å²) in [5.41, 5.74) is 4.17. The first-order valence-electron chi connectivity index (χ1n) is 12.3. The predicted octanol–water partition coefficient (Wildman–Crippen LogP) is 8.50. The van der Waals surface area contributed by atoms with Crippen molar-refractivity contribution in [3.8, 4) is 11.1 Å². The molecule has 2 aliphatic rings. The molecule has 0 aromatic heterocycles. The molecule has 2 aromatic carbocycles. The van der Waals surface area contributed by atoms with Crippen LogP contribution in [0.5, 0.6) is 0 Å². The highest BCUT2D eigenvalue weighted by Crippen LogP contribution is 2.39. The summed E-state index contributed by atoms with van der Waals surface area (Å²) in [5.74, 6) is 3.73. The van der Waals surface area contributed by atoms with Crippen LogP contribution in [0, 0.1) is 29.7 Å². The Morgan fingerprint density at radius 3 is 1.90 bits per heavy atom. The number of benzene rings is 2. The Balaban J connectivity index is 1.44. The maximum absolute atomic E-state index is 3.12. The summed E-state index contributed by atoms with van der Waals surface area (Å²) in [7, 11) is 0. The van der Waals surface area contributed by atoms with Crippen LogP contribution in [0.15, 0.2) is 48.5 Å². The molecule has 0 N–H and O–H groups in total. The molecule has 0 spiro atoms. The van der Waals surface area contributed by atoms with Crippen LogP contribution in [0.1, 0.15) is 83.1 Å². The molecule has 2 saturated carbocycles. The average Bonchev–Trinajstić information content (AvgIpc) is 2.81. The smallest absolute Gasteiger partial charge is 0.0184 e.